The molecular weight excluding hydrogens is 315 g/mol. The lowest BCUT2D eigenvalue weighted by Crippen LogP contribution is -2.38. The predicted octanol–water partition coefficient (Wildman–Crippen LogP) is 3.19. The van der Waals surface area contributed by atoms with Crippen LogP contribution in [0.1, 0.15) is 49.1 Å². The monoisotopic (exact) mass is 336 g/mol. The van der Waals surface area contributed by atoms with E-state index in [0.717, 1.165) is 10.7 Å². The molecule has 23 heavy (non-hydrogen) atoms. The van der Waals surface area contributed by atoms with Gasteiger partial charge in [0, 0.05) is 11.3 Å². The van der Waals surface area contributed by atoms with E-state index in [4.69, 9.17) is 0 Å². The highest BCUT2D eigenvalue weighted by Gasteiger charge is 2.19. The Morgan fingerprint density at radius 2 is 1.96 bits per heavy atom. The van der Waals surface area contributed by atoms with E-state index < -0.39 is 12.1 Å². The lowest BCUT2D eigenvalue weighted by Gasteiger charge is -2.20. The summed E-state index contributed by atoms with van der Waals surface area (Å²) < 4.78 is 12.9. The molecule has 2 rings (SSSR count). The van der Waals surface area contributed by atoms with Gasteiger partial charge in [0.25, 0.3) is 0 Å². The van der Waals surface area contributed by atoms with Crippen LogP contribution in [0.2, 0.25) is 0 Å². The summed E-state index contributed by atoms with van der Waals surface area (Å²) in [6, 6.07) is 5.12. The molecule has 0 aliphatic carbocycles. The molecule has 0 saturated heterocycles. The summed E-state index contributed by atoms with van der Waals surface area (Å²) in [6.07, 6.45) is -0.704. The Labute approximate surface area is 139 Å². The lowest BCUT2D eigenvalue weighted by atomic mass is 10.0. The molecule has 0 radical (unpaired) electrons. The zero-order valence-corrected chi connectivity index (χ0v) is 14.2. The van der Waals surface area contributed by atoms with Crippen molar-refractivity contribution < 1.29 is 14.3 Å². The molecule has 1 aromatic heterocycles. The summed E-state index contributed by atoms with van der Waals surface area (Å²) in [5, 5.41) is 15.9. The number of aromatic nitrogens is 1. The number of amides is 1. The highest BCUT2D eigenvalue weighted by Crippen LogP contribution is 2.20. The van der Waals surface area contributed by atoms with Crippen molar-refractivity contribution in [1.29, 1.82) is 0 Å². The average molecular weight is 336 g/mol. The number of aliphatic hydroxyl groups excluding tert-OH is 1. The minimum Gasteiger partial charge on any atom is -0.386 e. The van der Waals surface area contributed by atoms with Crippen LogP contribution >= 0.6 is 11.3 Å². The molecule has 2 unspecified atom stereocenters. The Hall–Kier alpha value is -1.79. The Balaban J connectivity index is 1.91. The predicted molar refractivity (Wildman–Crippen MR) is 88.9 cm³/mol. The van der Waals surface area contributed by atoms with Crippen LogP contribution in [-0.4, -0.2) is 22.0 Å². The van der Waals surface area contributed by atoms with Crippen molar-refractivity contribution in [3.63, 3.8) is 0 Å². The van der Waals surface area contributed by atoms with E-state index in [1.807, 2.05) is 5.38 Å². The van der Waals surface area contributed by atoms with Gasteiger partial charge in [0.15, 0.2) is 0 Å². The number of nitrogens with zero attached hydrogens (tertiary/aromatic N) is 1. The van der Waals surface area contributed by atoms with Crippen molar-refractivity contribution in [3.05, 3.63) is 51.7 Å². The Morgan fingerprint density at radius 3 is 2.52 bits per heavy atom. The second-order valence-corrected chi connectivity index (χ2v) is 6.75. The van der Waals surface area contributed by atoms with Gasteiger partial charge in [0.2, 0.25) is 5.91 Å². The number of benzene rings is 1. The van der Waals surface area contributed by atoms with Crippen LogP contribution in [0, 0.1) is 5.82 Å². The zero-order valence-electron chi connectivity index (χ0n) is 13.4. The molecule has 124 valence electrons. The van der Waals surface area contributed by atoms with Crippen LogP contribution in [0.3, 0.4) is 0 Å². The van der Waals surface area contributed by atoms with Crippen LogP contribution < -0.4 is 5.32 Å². The fourth-order valence-corrected chi connectivity index (χ4v) is 3.00. The SMILES string of the molecule is CC(C)c1nc(CC(=O)NC(C)C(O)c2ccc(F)cc2)cs1. The van der Waals surface area contributed by atoms with E-state index in [-0.39, 0.29) is 18.1 Å². The summed E-state index contributed by atoms with van der Waals surface area (Å²) in [6.45, 7) is 5.83. The molecule has 0 aliphatic heterocycles. The number of rotatable bonds is 6. The molecule has 0 saturated carbocycles. The molecule has 2 aromatic rings. The van der Waals surface area contributed by atoms with E-state index >= 15 is 0 Å². The molecule has 1 aromatic carbocycles. The topological polar surface area (TPSA) is 62.2 Å². The number of hydrogen-bond donors (Lipinski definition) is 2. The molecule has 4 nitrogen and oxygen atoms in total. The molecule has 1 heterocycles. The highest BCUT2D eigenvalue weighted by molar-refractivity contribution is 7.09. The van der Waals surface area contributed by atoms with Gasteiger partial charge in [-0.1, -0.05) is 26.0 Å². The highest BCUT2D eigenvalue weighted by atomic mass is 32.1. The van der Waals surface area contributed by atoms with Gasteiger partial charge >= 0.3 is 0 Å². The van der Waals surface area contributed by atoms with Gasteiger partial charge in [0.05, 0.1) is 29.3 Å². The number of carbonyl (C=O) groups excluding carboxylic acids is 1. The number of aliphatic hydroxyl groups is 1. The van der Waals surface area contributed by atoms with Gasteiger partial charge in [-0.2, -0.15) is 0 Å². The normalized spacial score (nSPS) is 13.8. The van der Waals surface area contributed by atoms with Gasteiger partial charge in [-0.05, 0) is 24.6 Å². The van der Waals surface area contributed by atoms with Gasteiger partial charge in [-0.25, -0.2) is 9.37 Å². The quantitative estimate of drug-likeness (QED) is 0.851. The number of hydrogen-bond acceptors (Lipinski definition) is 4. The van der Waals surface area contributed by atoms with E-state index in [0.29, 0.717) is 11.5 Å². The fraction of sp³-hybridized carbons (Fsp3) is 0.412. The molecule has 1 amide bonds. The number of nitrogens with one attached hydrogen (secondary N) is 1. The first-order valence-corrected chi connectivity index (χ1v) is 8.42. The number of carbonyl (C=O) groups is 1. The van der Waals surface area contributed by atoms with Crippen molar-refractivity contribution in [1.82, 2.24) is 10.3 Å². The molecular formula is C17H21FN2O2S. The summed E-state index contributed by atoms with van der Waals surface area (Å²) in [5.74, 6) is -0.211. The first-order valence-electron chi connectivity index (χ1n) is 7.54. The van der Waals surface area contributed by atoms with Crippen molar-refractivity contribution >= 4 is 17.2 Å². The largest absolute Gasteiger partial charge is 0.386 e. The number of halogens is 1. The maximum Gasteiger partial charge on any atom is 0.226 e. The van der Waals surface area contributed by atoms with Crippen molar-refractivity contribution in [3.8, 4) is 0 Å². The molecule has 0 spiro atoms. The second kappa shape index (κ2) is 7.66. The summed E-state index contributed by atoms with van der Waals surface area (Å²) >= 11 is 1.55. The standard InChI is InChI=1S/C17H21FN2O2S/c1-10(2)17-20-14(9-23-17)8-15(21)19-11(3)16(22)12-4-6-13(18)7-5-12/h4-7,9-11,16,22H,8H2,1-3H3,(H,19,21). The first-order chi connectivity index (χ1) is 10.9. The van der Waals surface area contributed by atoms with Crippen molar-refractivity contribution in [2.24, 2.45) is 0 Å². The molecule has 0 aliphatic rings. The number of thiazole rings is 1. The smallest absolute Gasteiger partial charge is 0.226 e. The fourth-order valence-electron chi connectivity index (χ4n) is 2.17. The molecule has 2 atom stereocenters. The average Bonchev–Trinajstić information content (AvgIpc) is 2.95. The second-order valence-electron chi connectivity index (χ2n) is 5.86. The lowest BCUT2D eigenvalue weighted by molar-refractivity contribution is -0.121. The van der Waals surface area contributed by atoms with E-state index in [1.54, 1.807) is 18.3 Å². The van der Waals surface area contributed by atoms with Gasteiger partial charge in [0.1, 0.15) is 5.82 Å². The third-order valence-corrected chi connectivity index (χ3v) is 4.67. The molecule has 2 N–H and O–H groups in total. The summed E-state index contributed by atoms with van der Waals surface area (Å²) in [4.78, 5) is 16.5. The van der Waals surface area contributed by atoms with E-state index in [1.165, 1.54) is 24.3 Å². The Kier molecular flexibility index (Phi) is 5.85. The third kappa shape index (κ3) is 4.84. The Bertz CT molecular complexity index is 655. The zero-order chi connectivity index (χ0) is 17.0. The molecule has 6 heteroatoms. The van der Waals surface area contributed by atoms with E-state index in [2.05, 4.69) is 24.1 Å². The summed E-state index contributed by atoms with van der Waals surface area (Å²) in [7, 11) is 0. The van der Waals surface area contributed by atoms with Crippen LogP contribution in [0.4, 0.5) is 4.39 Å². The third-order valence-electron chi connectivity index (χ3n) is 3.48. The van der Waals surface area contributed by atoms with Crippen molar-refractivity contribution in [2.75, 3.05) is 0 Å². The van der Waals surface area contributed by atoms with Gasteiger partial charge in [-0.3, -0.25) is 4.79 Å². The van der Waals surface area contributed by atoms with Crippen LogP contribution in [0.25, 0.3) is 0 Å². The Morgan fingerprint density at radius 1 is 1.30 bits per heavy atom. The maximum atomic E-state index is 12.9. The van der Waals surface area contributed by atoms with E-state index in [9.17, 15) is 14.3 Å². The minimum atomic E-state index is -0.888. The first kappa shape index (κ1) is 17.6. The van der Waals surface area contributed by atoms with Crippen LogP contribution in [0.15, 0.2) is 29.6 Å². The molecule has 0 fully saturated rings. The van der Waals surface area contributed by atoms with Gasteiger partial charge in [-0.15, -0.1) is 11.3 Å². The van der Waals surface area contributed by atoms with Crippen molar-refractivity contribution in [2.45, 2.75) is 45.3 Å². The van der Waals surface area contributed by atoms with Gasteiger partial charge < -0.3 is 10.4 Å². The molecule has 0 bridgehead atoms. The summed E-state index contributed by atoms with van der Waals surface area (Å²) in [5.41, 5.74) is 1.30. The van der Waals surface area contributed by atoms with Crippen LogP contribution in [-0.2, 0) is 11.2 Å². The maximum absolute atomic E-state index is 12.9. The van der Waals surface area contributed by atoms with Crippen LogP contribution in [0.5, 0.6) is 0 Å². The minimum absolute atomic E-state index is 0.184.